The second-order valence-corrected chi connectivity index (χ2v) is 5.46. The number of hydrogen-bond donors (Lipinski definition) is 1. The lowest BCUT2D eigenvalue weighted by Gasteiger charge is -1.88. The fourth-order valence-corrected chi connectivity index (χ4v) is 3.00. The Hall–Kier alpha value is -0.780. The van der Waals surface area contributed by atoms with Crippen molar-refractivity contribution in [3.63, 3.8) is 0 Å². The van der Waals surface area contributed by atoms with Gasteiger partial charge >= 0.3 is 5.97 Å². The van der Waals surface area contributed by atoms with Crippen LogP contribution in [0.2, 0.25) is 5.02 Å². The third kappa shape index (κ3) is 2.62. The van der Waals surface area contributed by atoms with E-state index in [9.17, 15) is 4.79 Å². The number of benzene rings is 1. The Kier molecular flexibility index (Phi) is 3.14. The van der Waals surface area contributed by atoms with E-state index in [1.807, 2.05) is 6.07 Å². The summed E-state index contributed by atoms with van der Waals surface area (Å²) in [7, 11) is 0. The van der Waals surface area contributed by atoms with Crippen molar-refractivity contribution in [2.75, 3.05) is 5.75 Å². The summed E-state index contributed by atoms with van der Waals surface area (Å²) in [6.07, 6.45) is 0. The molecule has 0 aliphatic carbocycles. The van der Waals surface area contributed by atoms with Gasteiger partial charge in [0.05, 0.1) is 16.0 Å². The summed E-state index contributed by atoms with van der Waals surface area (Å²) in [5.74, 6) is -0.801. The number of rotatable bonds is 3. The van der Waals surface area contributed by atoms with Crippen LogP contribution in [0.3, 0.4) is 0 Å². The van der Waals surface area contributed by atoms with Crippen LogP contribution in [-0.2, 0) is 4.79 Å². The highest BCUT2D eigenvalue weighted by Crippen LogP contribution is 2.30. The fourth-order valence-electron chi connectivity index (χ4n) is 1.06. The Morgan fingerprint density at radius 2 is 2.40 bits per heavy atom. The van der Waals surface area contributed by atoms with E-state index in [0.717, 1.165) is 14.6 Å². The van der Waals surface area contributed by atoms with Crippen LogP contribution in [0.5, 0.6) is 0 Å². The first kappa shape index (κ1) is 10.7. The molecule has 2 rings (SSSR count). The Bertz CT molecular complexity index is 512. The van der Waals surface area contributed by atoms with Gasteiger partial charge in [0.15, 0.2) is 4.34 Å². The van der Waals surface area contributed by atoms with Crippen LogP contribution in [0.15, 0.2) is 22.5 Å². The molecule has 0 amide bonds. The minimum atomic E-state index is -0.836. The van der Waals surface area contributed by atoms with Gasteiger partial charge in [-0.3, -0.25) is 4.79 Å². The van der Waals surface area contributed by atoms with E-state index >= 15 is 0 Å². The maximum Gasteiger partial charge on any atom is 0.313 e. The van der Waals surface area contributed by atoms with E-state index in [1.54, 1.807) is 12.1 Å². The summed E-state index contributed by atoms with van der Waals surface area (Å²) in [5, 5.41) is 9.17. The van der Waals surface area contributed by atoms with Gasteiger partial charge in [0.25, 0.3) is 0 Å². The van der Waals surface area contributed by atoms with Crippen molar-refractivity contribution in [1.29, 1.82) is 0 Å². The third-order valence-electron chi connectivity index (χ3n) is 1.65. The lowest BCUT2D eigenvalue weighted by molar-refractivity contribution is -0.133. The molecule has 1 N–H and O–H groups in total. The van der Waals surface area contributed by atoms with E-state index in [2.05, 4.69) is 4.98 Å². The van der Waals surface area contributed by atoms with Gasteiger partial charge in [-0.05, 0) is 18.2 Å². The summed E-state index contributed by atoms with van der Waals surface area (Å²) in [5.41, 5.74) is 0.820. The Balaban J connectivity index is 2.27. The monoisotopic (exact) mass is 259 g/mol. The highest BCUT2D eigenvalue weighted by molar-refractivity contribution is 8.01. The zero-order valence-corrected chi connectivity index (χ0v) is 9.83. The molecule has 0 bridgehead atoms. The average Bonchev–Trinajstić information content (AvgIpc) is 2.56. The van der Waals surface area contributed by atoms with Crippen molar-refractivity contribution in [2.24, 2.45) is 0 Å². The molecule has 78 valence electrons. The van der Waals surface area contributed by atoms with Crippen molar-refractivity contribution in [3.8, 4) is 0 Å². The molecule has 0 radical (unpaired) electrons. The quantitative estimate of drug-likeness (QED) is 0.861. The minimum absolute atomic E-state index is 0.0353. The number of hydrogen-bond acceptors (Lipinski definition) is 4. The van der Waals surface area contributed by atoms with Crippen molar-refractivity contribution < 1.29 is 9.90 Å². The molecule has 0 aliphatic heterocycles. The van der Waals surface area contributed by atoms with Gasteiger partial charge in [-0.1, -0.05) is 23.4 Å². The maximum absolute atomic E-state index is 10.4. The molecule has 1 aromatic heterocycles. The molecule has 1 aromatic carbocycles. The number of carboxylic acids is 1. The molecule has 2 aromatic rings. The normalized spacial score (nSPS) is 10.7. The van der Waals surface area contributed by atoms with Crippen molar-refractivity contribution in [2.45, 2.75) is 4.34 Å². The van der Waals surface area contributed by atoms with Crippen LogP contribution in [0.1, 0.15) is 0 Å². The number of thiazole rings is 1. The van der Waals surface area contributed by atoms with Crippen molar-refractivity contribution >= 4 is 50.9 Å². The Morgan fingerprint density at radius 3 is 3.13 bits per heavy atom. The van der Waals surface area contributed by atoms with E-state index in [1.165, 1.54) is 23.1 Å². The Labute approximate surface area is 99.1 Å². The number of carboxylic acid groups (broad SMARTS) is 1. The number of fused-ring (bicyclic) bond motifs is 1. The first-order valence-electron chi connectivity index (χ1n) is 4.06. The second kappa shape index (κ2) is 4.38. The van der Waals surface area contributed by atoms with Gasteiger partial charge in [-0.25, -0.2) is 4.98 Å². The van der Waals surface area contributed by atoms with Gasteiger partial charge < -0.3 is 5.11 Å². The molecule has 0 unspecified atom stereocenters. The molecule has 3 nitrogen and oxygen atoms in total. The molecular weight excluding hydrogens is 254 g/mol. The molecule has 1 heterocycles. The fraction of sp³-hybridized carbons (Fsp3) is 0.111. The van der Waals surface area contributed by atoms with Crippen LogP contribution in [0, 0.1) is 0 Å². The topological polar surface area (TPSA) is 50.2 Å². The van der Waals surface area contributed by atoms with Gasteiger partial charge in [-0.2, -0.15) is 0 Å². The second-order valence-electron chi connectivity index (χ2n) is 2.77. The maximum atomic E-state index is 10.4. The molecule has 6 heteroatoms. The predicted octanol–water partition coefficient (Wildman–Crippen LogP) is 3.13. The summed E-state index contributed by atoms with van der Waals surface area (Å²) in [6.45, 7) is 0. The molecule has 0 spiro atoms. The zero-order valence-electron chi connectivity index (χ0n) is 7.44. The molecule has 0 saturated heterocycles. The number of carbonyl (C=O) groups is 1. The largest absolute Gasteiger partial charge is 0.481 e. The van der Waals surface area contributed by atoms with Crippen LogP contribution in [0.4, 0.5) is 0 Å². The smallest absolute Gasteiger partial charge is 0.313 e. The van der Waals surface area contributed by atoms with Crippen LogP contribution < -0.4 is 0 Å². The Morgan fingerprint density at radius 1 is 1.60 bits per heavy atom. The van der Waals surface area contributed by atoms with E-state index < -0.39 is 5.97 Å². The molecule has 0 fully saturated rings. The first-order valence-corrected chi connectivity index (χ1v) is 6.24. The SMILES string of the molecule is O=C(O)CSc1nc2cc(Cl)ccc2s1. The van der Waals surface area contributed by atoms with E-state index in [4.69, 9.17) is 16.7 Å². The molecule has 0 atom stereocenters. The third-order valence-corrected chi connectivity index (χ3v) is 4.05. The molecule has 0 aliphatic rings. The minimum Gasteiger partial charge on any atom is -0.481 e. The average molecular weight is 260 g/mol. The van der Waals surface area contributed by atoms with Gasteiger partial charge in [-0.15, -0.1) is 11.3 Å². The number of halogens is 1. The lowest BCUT2D eigenvalue weighted by atomic mass is 10.3. The zero-order chi connectivity index (χ0) is 10.8. The molecule has 15 heavy (non-hydrogen) atoms. The summed E-state index contributed by atoms with van der Waals surface area (Å²) in [6, 6.07) is 5.46. The summed E-state index contributed by atoms with van der Waals surface area (Å²) >= 11 is 8.52. The first-order chi connectivity index (χ1) is 7.15. The lowest BCUT2D eigenvalue weighted by Crippen LogP contribution is -1.96. The highest BCUT2D eigenvalue weighted by atomic mass is 35.5. The van der Waals surface area contributed by atoms with Crippen LogP contribution in [-0.4, -0.2) is 21.8 Å². The van der Waals surface area contributed by atoms with Gasteiger partial charge in [0.1, 0.15) is 0 Å². The highest BCUT2D eigenvalue weighted by Gasteiger charge is 2.06. The number of thioether (sulfide) groups is 1. The molecular formula is C9H6ClNO2S2. The predicted molar refractivity (Wildman–Crippen MR) is 63.0 cm³/mol. The number of aliphatic carboxylic acids is 1. The summed E-state index contributed by atoms with van der Waals surface area (Å²) in [4.78, 5) is 14.7. The van der Waals surface area contributed by atoms with Gasteiger partial charge in [0.2, 0.25) is 0 Å². The van der Waals surface area contributed by atoms with Gasteiger partial charge in [0, 0.05) is 5.02 Å². The molecule has 0 saturated carbocycles. The van der Waals surface area contributed by atoms with Crippen molar-refractivity contribution in [3.05, 3.63) is 23.2 Å². The summed E-state index contributed by atoms with van der Waals surface area (Å²) < 4.78 is 1.78. The van der Waals surface area contributed by atoms with E-state index in [0.29, 0.717) is 5.02 Å². The van der Waals surface area contributed by atoms with Crippen LogP contribution >= 0.6 is 34.7 Å². The van der Waals surface area contributed by atoms with E-state index in [-0.39, 0.29) is 5.75 Å². The number of aromatic nitrogens is 1. The number of nitrogens with zero attached hydrogens (tertiary/aromatic N) is 1. The van der Waals surface area contributed by atoms with Crippen molar-refractivity contribution in [1.82, 2.24) is 4.98 Å². The van der Waals surface area contributed by atoms with Crippen LogP contribution in [0.25, 0.3) is 10.2 Å². The standard InChI is InChI=1S/C9H6ClNO2S2/c10-5-1-2-7-6(3-5)11-9(15-7)14-4-8(12)13/h1-3H,4H2,(H,12,13).